The largest absolute Gasteiger partial charge is 0.476 e. The van der Waals surface area contributed by atoms with Gasteiger partial charge in [0.15, 0.2) is 0 Å². The average molecular weight is 172 g/mol. The van der Waals surface area contributed by atoms with Crippen molar-refractivity contribution in [3.63, 3.8) is 0 Å². The Kier molecular flexibility index (Phi) is 2.84. The number of halogens is 1. The van der Waals surface area contributed by atoms with Crippen LogP contribution in [-0.2, 0) is 4.79 Å². The van der Waals surface area contributed by atoms with E-state index in [0.29, 0.717) is 24.3 Å². The second kappa shape index (κ2) is 3.70. The lowest BCUT2D eigenvalue weighted by Crippen LogP contribution is -2.09. The van der Waals surface area contributed by atoms with Crippen LogP contribution in [0.5, 0.6) is 0 Å². The standard InChI is InChI=1S/C9H13FO2/c1-6-3-2-4-7(5-6)8(10)9(11)12/h6H,2-5H2,1H3,(H,11,12). The Morgan fingerprint density at radius 3 is 2.83 bits per heavy atom. The summed E-state index contributed by atoms with van der Waals surface area (Å²) in [4.78, 5) is 10.3. The minimum Gasteiger partial charge on any atom is -0.476 e. The molecule has 0 aromatic rings. The molecule has 0 spiro atoms. The van der Waals surface area contributed by atoms with E-state index in [-0.39, 0.29) is 0 Å². The Bertz CT molecular complexity index is 221. The molecule has 0 heterocycles. The monoisotopic (exact) mass is 172 g/mol. The van der Waals surface area contributed by atoms with Gasteiger partial charge in [-0.25, -0.2) is 4.79 Å². The summed E-state index contributed by atoms with van der Waals surface area (Å²) in [6, 6.07) is 0. The molecule has 1 aliphatic rings. The van der Waals surface area contributed by atoms with Crippen LogP contribution in [0.1, 0.15) is 32.6 Å². The molecule has 1 atom stereocenters. The molecule has 2 nitrogen and oxygen atoms in total. The molecule has 0 aromatic heterocycles. The smallest absolute Gasteiger partial charge is 0.364 e. The topological polar surface area (TPSA) is 37.3 Å². The summed E-state index contributed by atoms with van der Waals surface area (Å²) >= 11 is 0. The van der Waals surface area contributed by atoms with Crippen LogP contribution in [-0.4, -0.2) is 11.1 Å². The van der Waals surface area contributed by atoms with E-state index in [1.165, 1.54) is 0 Å². The first-order valence-corrected chi connectivity index (χ1v) is 4.22. The fourth-order valence-electron chi connectivity index (χ4n) is 1.64. The van der Waals surface area contributed by atoms with E-state index in [0.717, 1.165) is 12.8 Å². The van der Waals surface area contributed by atoms with E-state index in [1.54, 1.807) is 0 Å². The maximum absolute atomic E-state index is 12.9. The van der Waals surface area contributed by atoms with Crippen LogP contribution in [0.25, 0.3) is 0 Å². The molecule has 0 aromatic carbocycles. The first-order valence-electron chi connectivity index (χ1n) is 4.22. The molecule has 0 saturated heterocycles. The normalized spacial score (nSPS) is 28.3. The van der Waals surface area contributed by atoms with Gasteiger partial charge in [-0.15, -0.1) is 0 Å². The fraction of sp³-hybridized carbons (Fsp3) is 0.667. The summed E-state index contributed by atoms with van der Waals surface area (Å²) in [6.45, 7) is 2.02. The van der Waals surface area contributed by atoms with Crippen molar-refractivity contribution in [2.24, 2.45) is 5.92 Å². The van der Waals surface area contributed by atoms with Gasteiger partial charge in [0.05, 0.1) is 0 Å². The molecule has 1 unspecified atom stereocenters. The van der Waals surface area contributed by atoms with Crippen molar-refractivity contribution in [2.45, 2.75) is 32.6 Å². The average Bonchev–Trinajstić information content (AvgIpc) is 2.03. The quantitative estimate of drug-likeness (QED) is 0.617. The van der Waals surface area contributed by atoms with Crippen LogP contribution in [0.2, 0.25) is 0 Å². The number of aliphatic carboxylic acids is 1. The Morgan fingerprint density at radius 1 is 1.67 bits per heavy atom. The van der Waals surface area contributed by atoms with Gasteiger partial charge in [0.2, 0.25) is 5.83 Å². The van der Waals surface area contributed by atoms with E-state index in [4.69, 9.17) is 5.11 Å². The van der Waals surface area contributed by atoms with Crippen molar-refractivity contribution >= 4 is 5.97 Å². The molecule has 1 saturated carbocycles. The highest BCUT2D eigenvalue weighted by atomic mass is 19.1. The minimum atomic E-state index is -1.42. The SMILES string of the molecule is CC1CCCC(=C(F)C(=O)O)C1. The molecule has 3 heteroatoms. The van der Waals surface area contributed by atoms with Gasteiger partial charge in [-0.2, -0.15) is 4.39 Å². The molecule has 0 radical (unpaired) electrons. The molecule has 1 aliphatic carbocycles. The van der Waals surface area contributed by atoms with Crippen LogP contribution in [0, 0.1) is 5.92 Å². The molecule has 68 valence electrons. The first kappa shape index (κ1) is 9.23. The Labute approximate surface area is 71.1 Å². The Balaban J connectivity index is 2.72. The molecule has 1 fully saturated rings. The second-order valence-electron chi connectivity index (χ2n) is 3.42. The summed E-state index contributed by atoms with van der Waals surface area (Å²) in [7, 11) is 0. The Hall–Kier alpha value is -0.860. The van der Waals surface area contributed by atoms with Gasteiger partial charge in [-0.1, -0.05) is 13.3 Å². The second-order valence-corrected chi connectivity index (χ2v) is 3.42. The number of allylic oxidation sites excluding steroid dienone is 1. The molecule has 0 amide bonds. The predicted octanol–water partition coefficient (Wildman–Crippen LogP) is 2.50. The minimum absolute atomic E-state index is 0.429. The van der Waals surface area contributed by atoms with E-state index >= 15 is 0 Å². The lowest BCUT2D eigenvalue weighted by Gasteiger charge is -2.20. The predicted molar refractivity (Wildman–Crippen MR) is 43.4 cm³/mol. The summed E-state index contributed by atoms with van der Waals surface area (Å²) < 4.78 is 12.9. The highest BCUT2D eigenvalue weighted by Crippen LogP contribution is 2.30. The van der Waals surface area contributed by atoms with E-state index in [1.807, 2.05) is 6.92 Å². The lowest BCUT2D eigenvalue weighted by atomic mass is 9.86. The van der Waals surface area contributed by atoms with Crippen molar-refractivity contribution in [3.8, 4) is 0 Å². The first-order chi connectivity index (χ1) is 5.61. The van der Waals surface area contributed by atoms with Crippen molar-refractivity contribution in [2.75, 3.05) is 0 Å². The van der Waals surface area contributed by atoms with Gasteiger partial charge in [0.1, 0.15) is 0 Å². The van der Waals surface area contributed by atoms with Crippen LogP contribution in [0.15, 0.2) is 11.4 Å². The number of carbonyl (C=O) groups is 1. The molecular formula is C9H13FO2. The zero-order chi connectivity index (χ0) is 9.14. The maximum atomic E-state index is 12.9. The van der Waals surface area contributed by atoms with Crippen LogP contribution >= 0.6 is 0 Å². The number of hydrogen-bond donors (Lipinski definition) is 1. The highest BCUT2D eigenvalue weighted by Gasteiger charge is 2.19. The summed E-state index contributed by atoms with van der Waals surface area (Å²) in [5.74, 6) is -1.92. The summed E-state index contributed by atoms with van der Waals surface area (Å²) in [5.41, 5.74) is 0.487. The van der Waals surface area contributed by atoms with Crippen molar-refractivity contribution in [3.05, 3.63) is 11.4 Å². The maximum Gasteiger partial charge on any atom is 0.364 e. The molecule has 1 N–H and O–H groups in total. The third-order valence-electron chi connectivity index (χ3n) is 2.27. The summed E-state index contributed by atoms with van der Waals surface area (Å²) in [6.07, 6.45) is 3.22. The Morgan fingerprint density at radius 2 is 2.33 bits per heavy atom. The van der Waals surface area contributed by atoms with Gasteiger partial charge in [-0.3, -0.25) is 0 Å². The summed E-state index contributed by atoms with van der Waals surface area (Å²) in [5, 5.41) is 8.39. The third-order valence-corrected chi connectivity index (χ3v) is 2.27. The van der Waals surface area contributed by atoms with Gasteiger partial charge >= 0.3 is 5.97 Å². The van der Waals surface area contributed by atoms with Crippen LogP contribution < -0.4 is 0 Å². The van der Waals surface area contributed by atoms with Crippen molar-refractivity contribution in [1.82, 2.24) is 0 Å². The zero-order valence-electron chi connectivity index (χ0n) is 7.14. The third kappa shape index (κ3) is 2.06. The van der Waals surface area contributed by atoms with Crippen molar-refractivity contribution in [1.29, 1.82) is 0 Å². The van der Waals surface area contributed by atoms with E-state index in [9.17, 15) is 9.18 Å². The van der Waals surface area contributed by atoms with Crippen LogP contribution in [0.3, 0.4) is 0 Å². The number of rotatable bonds is 1. The van der Waals surface area contributed by atoms with Gasteiger partial charge in [0, 0.05) is 0 Å². The van der Waals surface area contributed by atoms with Crippen molar-refractivity contribution < 1.29 is 14.3 Å². The van der Waals surface area contributed by atoms with E-state index in [2.05, 4.69) is 0 Å². The highest BCUT2D eigenvalue weighted by molar-refractivity contribution is 5.84. The number of carboxylic acid groups (broad SMARTS) is 1. The van der Waals surface area contributed by atoms with Gasteiger partial charge in [0.25, 0.3) is 0 Å². The molecule has 0 bridgehead atoms. The molecular weight excluding hydrogens is 159 g/mol. The zero-order valence-corrected chi connectivity index (χ0v) is 7.14. The van der Waals surface area contributed by atoms with Gasteiger partial charge in [-0.05, 0) is 30.8 Å². The van der Waals surface area contributed by atoms with Gasteiger partial charge < -0.3 is 5.11 Å². The lowest BCUT2D eigenvalue weighted by molar-refractivity contribution is -0.134. The molecule has 12 heavy (non-hydrogen) atoms. The molecule has 1 rings (SSSR count). The molecule has 0 aliphatic heterocycles. The number of carboxylic acids is 1. The fourth-order valence-corrected chi connectivity index (χ4v) is 1.64. The van der Waals surface area contributed by atoms with Crippen LogP contribution in [0.4, 0.5) is 4.39 Å². The number of hydrogen-bond acceptors (Lipinski definition) is 1. The van der Waals surface area contributed by atoms with E-state index < -0.39 is 11.8 Å².